The number of morpholine rings is 1. The van der Waals surface area contributed by atoms with Gasteiger partial charge in [-0.3, -0.25) is 10.3 Å². The van der Waals surface area contributed by atoms with E-state index in [1.54, 1.807) is 0 Å². The Kier molecular flexibility index (Phi) is 3.77. The van der Waals surface area contributed by atoms with Gasteiger partial charge in [0.2, 0.25) is 0 Å². The Morgan fingerprint density at radius 3 is 3.16 bits per heavy atom. The zero-order valence-electron chi connectivity index (χ0n) is 10.8. The molecule has 0 bridgehead atoms. The summed E-state index contributed by atoms with van der Waals surface area (Å²) in [5, 5.41) is 7.50. The Labute approximate surface area is 117 Å². The molecular weight excluding hydrogens is 258 g/mol. The van der Waals surface area contributed by atoms with Crippen molar-refractivity contribution in [2.24, 2.45) is 5.73 Å². The molecule has 102 valence electrons. The molecule has 1 aromatic rings. The van der Waals surface area contributed by atoms with E-state index in [1.165, 1.54) is 10.5 Å². The summed E-state index contributed by atoms with van der Waals surface area (Å²) in [5.41, 5.74) is 7.01. The summed E-state index contributed by atoms with van der Waals surface area (Å²) in [6.07, 6.45) is -0.224. The maximum absolute atomic E-state index is 7.50. The van der Waals surface area contributed by atoms with Gasteiger partial charge in [-0.2, -0.15) is 0 Å². The SMILES string of the molecule is N=C(N)C1CN(CC2CSc3ccccc32)CCO1. The third-order valence-corrected chi connectivity index (χ3v) is 5.03. The maximum Gasteiger partial charge on any atom is 0.127 e. The summed E-state index contributed by atoms with van der Waals surface area (Å²) in [4.78, 5) is 3.80. The number of nitrogens with one attached hydrogen (secondary N) is 1. The highest BCUT2D eigenvalue weighted by Gasteiger charge is 2.28. The molecule has 1 aromatic carbocycles. The lowest BCUT2D eigenvalue weighted by atomic mass is 10.0. The Hall–Kier alpha value is -1.04. The van der Waals surface area contributed by atoms with Crippen molar-refractivity contribution in [2.45, 2.75) is 16.9 Å². The molecular formula is C14H19N3OS. The molecule has 1 fully saturated rings. The second kappa shape index (κ2) is 5.53. The highest BCUT2D eigenvalue weighted by molar-refractivity contribution is 7.99. The van der Waals surface area contributed by atoms with Crippen molar-refractivity contribution in [3.05, 3.63) is 29.8 Å². The fraction of sp³-hybridized carbons (Fsp3) is 0.500. The van der Waals surface area contributed by atoms with Crippen molar-refractivity contribution in [1.29, 1.82) is 5.41 Å². The van der Waals surface area contributed by atoms with E-state index in [1.807, 2.05) is 11.8 Å². The van der Waals surface area contributed by atoms with E-state index in [0.29, 0.717) is 12.5 Å². The predicted octanol–water partition coefficient (Wildman–Crippen LogP) is 1.51. The van der Waals surface area contributed by atoms with Gasteiger partial charge in [-0.1, -0.05) is 18.2 Å². The summed E-state index contributed by atoms with van der Waals surface area (Å²) in [6, 6.07) is 8.67. The monoisotopic (exact) mass is 277 g/mol. The number of nitrogens with zero attached hydrogens (tertiary/aromatic N) is 1. The largest absolute Gasteiger partial charge is 0.385 e. The number of hydrogen-bond donors (Lipinski definition) is 2. The minimum atomic E-state index is -0.224. The molecule has 19 heavy (non-hydrogen) atoms. The van der Waals surface area contributed by atoms with Gasteiger partial charge < -0.3 is 10.5 Å². The molecule has 3 rings (SSSR count). The molecule has 0 radical (unpaired) electrons. The molecule has 0 aliphatic carbocycles. The average molecular weight is 277 g/mol. The zero-order valence-corrected chi connectivity index (χ0v) is 11.7. The summed E-state index contributed by atoms with van der Waals surface area (Å²) < 4.78 is 5.51. The number of rotatable bonds is 3. The Bertz CT molecular complexity index is 480. The molecule has 2 heterocycles. The average Bonchev–Trinajstić information content (AvgIpc) is 2.83. The van der Waals surface area contributed by atoms with E-state index in [4.69, 9.17) is 15.9 Å². The molecule has 3 N–H and O–H groups in total. The molecule has 2 aliphatic heterocycles. The van der Waals surface area contributed by atoms with Crippen LogP contribution in [0.1, 0.15) is 11.5 Å². The van der Waals surface area contributed by atoms with Crippen molar-refractivity contribution < 1.29 is 4.74 Å². The van der Waals surface area contributed by atoms with E-state index >= 15 is 0 Å². The van der Waals surface area contributed by atoms with Crippen molar-refractivity contribution in [3.63, 3.8) is 0 Å². The molecule has 5 heteroatoms. The first kappa shape index (κ1) is 13.0. The van der Waals surface area contributed by atoms with Crippen LogP contribution >= 0.6 is 11.8 Å². The van der Waals surface area contributed by atoms with Crippen LogP contribution in [-0.2, 0) is 4.74 Å². The number of fused-ring (bicyclic) bond motifs is 1. The first-order valence-corrected chi connectivity index (χ1v) is 7.62. The molecule has 0 saturated carbocycles. The quantitative estimate of drug-likeness (QED) is 0.649. The van der Waals surface area contributed by atoms with Crippen molar-refractivity contribution >= 4 is 17.6 Å². The van der Waals surface area contributed by atoms with Gasteiger partial charge >= 0.3 is 0 Å². The summed E-state index contributed by atoms with van der Waals surface area (Å²) in [6.45, 7) is 3.40. The molecule has 1 saturated heterocycles. The molecule has 4 nitrogen and oxygen atoms in total. The lowest BCUT2D eigenvalue weighted by Gasteiger charge is -2.33. The molecule has 2 unspecified atom stereocenters. The van der Waals surface area contributed by atoms with E-state index in [-0.39, 0.29) is 11.9 Å². The lowest BCUT2D eigenvalue weighted by Crippen LogP contribution is -2.49. The maximum atomic E-state index is 7.50. The van der Waals surface area contributed by atoms with Crippen LogP contribution in [0.25, 0.3) is 0 Å². The zero-order chi connectivity index (χ0) is 13.2. The van der Waals surface area contributed by atoms with Crippen molar-refractivity contribution in [2.75, 3.05) is 32.0 Å². The minimum Gasteiger partial charge on any atom is -0.385 e. The molecule has 0 aromatic heterocycles. The van der Waals surface area contributed by atoms with E-state index in [2.05, 4.69) is 29.2 Å². The first-order chi connectivity index (χ1) is 9.24. The number of nitrogens with two attached hydrogens (primary N) is 1. The number of hydrogen-bond acceptors (Lipinski definition) is 4. The number of amidine groups is 1. The van der Waals surface area contributed by atoms with Gasteiger partial charge in [0.1, 0.15) is 11.9 Å². The van der Waals surface area contributed by atoms with Gasteiger partial charge in [-0.15, -0.1) is 11.8 Å². The Balaban J connectivity index is 1.65. The third-order valence-electron chi connectivity index (χ3n) is 3.77. The number of benzene rings is 1. The topological polar surface area (TPSA) is 62.3 Å². The third kappa shape index (κ3) is 2.78. The van der Waals surface area contributed by atoms with Crippen molar-refractivity contribution in [1.82, 2.24) is 4.90 Å². The summed E-state index contributed by atoms with van der Waals surface area (Å²) >= 11 is 1.95. The highest BCUT2D eigenvalue weighted by Crippen LogP contribution is 2.39. The molecule has 2 aliphatic rings. The fourth-order valence-electron chi connectivity index (χ4n) is 2.75. The van der Waals surface area contributed by atoms with Gasteiger partial charge in [-0.25, -0.2) is 0 Å². The van der Waals surface area contributed by atoms with Crippen molar-refractivity contribution in [3.8, 4) is 0 Å². The van der Waals surface area contributed by atoms with Crippen LogP contribution in [0.4, 0.5) is 0 Å². The normalized spacial score (nSPS) is 27.2. The molecule has 2 atom stereocenters. The first-order valence-electron chi connectivity index (χ1n) is 6.63. The number of ether oxygens (including phenoxy) is 1. The lowest BCUT2D eigenvalue weighted by molar-refractivity contribution is 0.00414. The fourth-order valence-corrected chi connectivity index (χ4v) is 3.99. The molecule has 0 amide bonds. The van der Waals surface area contributed by atoms with E-state index in [0.717, 1.165) is 25.4 Å². The molecule has 0 spiro atoms. The van der Waals surface area contributed by atoms with Crippen LogP contribution in [0, 0.1) is 5.41 Å². The number of thioether (sulfide) groups is 1. The highest BCUT2D eigenvalue weighted by atomic mass is 32.2. The Morgan fingerprint density at radius 2 is 2.32 bits per heavy atom. The van der Waals surface area contributed by atoms with Gasteiger partial charge in [0, 0.05) is 36.2 Å². The van der Waals surface area contributed by atoms with Crippen LogP contribution in [0.5, 0.6) is 0 Å². The Morgan fingerprint density at radius 1 is 1.47 bits per heavy atom. The van der Waals surface area contributed by atoms with Gasteiger partial charge in [-0.05, 0) is 11.6 Å². The van der Waals surface area contributed by atoms with Crippen LogP contribution in [0.2, 0.25) is 0 Å². The predicted molar refractivity (Wildman–Crippen MR) is 78.0 cm³/mol. The smallest absolute Gasteiger partial charge is 0.127 e. The second-order valence-corrected chi connectivity index (χ2v) is 6.18. The van der Waals surface area contributed by atoms with Crippen LogP contribution < -0.4 is 5.73 Å². The van der Waals surface area contributed by atoms with Crippen LogP contribution in [0.3, 0.4) is 0 Å². The van der Waals surface area contributed by atoms with Crippen LogP contribution in [-0.4, -0.2) is 48.8 Å². The van der Waals surface area contributed by atoms with E-state index < -0.39 is 0 Å². The minimum absolute atomic E-state index is 0.144. The van der Waals surface area contributed by atoms with Gasteiger partial charge in [0.05, 0.1) is 6.61 Å². The van der Waals surface area contributed by atoms with E-state index in [9.17, 15) is 0 Å². The summed E-state index contributed by atoms with van der Waals surface area (Å²) in [7, 11) is 0. The second-order valence-electron chi connectivity index (χ2n) is 5.12. The van der Waals surface area contributed by atoms with Crippen LogP contribution in [0.15, 0.2) is 29.2 Å². The van der Waals surface area contributed by atoms with Gasteiger partial charge in [0.25, 0.3) is 0 Å². The van der Waals surface area contributed by atoms with Gasteiger partial charge in [0.15, 0.2) is 0 Å². The standard InChI is InChI=1S/C14H19N3OS/c15-14(16)12-8-17(5-6-18-12)7-10-9-19-13-4-2-1-3-11(10)13/h1-4,10,12H,5-9H2,(H3,15,16). The summed E-state index contributed by atoms with van der Waals surface area (Å²) in [5.74, 6) is 1.89.